The van der Waals surface area contributed by atoms with E-state index in [1.165, 1.54) is 0 Å². The summed E-state index contributed by atoms with van der Waals surface area (Å²) in [5, 5.41) is 9.40. The summed E-state index contributed by atoms with van der Waals surface area (Å²) in [6.07, 6.45) is 5.38. The zero-order valence-electron chi connectivity index (χ0n) is 13.5. The van der Waals surface area contributed by atoms with E-state index in [1.807, 2.05) is 34.6 Å². The van der Waals surface area contributed by atoms with Crippen molar-refractivity contribution in [3.05, 3.63) is 11.7 Å². The molecule has 0 aliphatic heterocycles. The third-order valence-electron chi connectivity index (χ3n) is 2.96. The fourth-order valence-corrected chi connectivity index (χ4v) is 1.56. The van der Waals surface area contributed by atoms with Crippen molar-refractivity contribution in [2.45, 2.75) is 59.0 Å². The molecule has 2 atom stereocenters. The first-order chi connectivity index (χ1) is 9.65. The molecule has 0 saturated carbocycles. The van der Waals surface area contributed by atoms with Gasteiger partial charge in [-0.2, -0.15) is 4.98 Å². The molecular weight excluding hydrogens is 268 g/mol. The first-order valence-electron chi connectivity index (χ1n) is 7.02. The van der Waals surface area contributed by atoms with Gasteiger partial charge in [-0.3, -0.25) is 0 Å². The van der Waals surface area contributed by atoms with Gasteiger partial charge < -0.3 is 15.2 Å². The standard InChI is InChI=1S/C15H24N4O2/c1-8-11(9(2)3)17-14(20)16-10(4)12-18-13(19-21-12)15(5,6)7/h1,9-11H,2-7H3,(H2,16,17,20)/t10-,11-/m0/s1. The Bertz CT molecular complexity index is 523. The number of amides is 2. The lowest BCUT2D eigenvalue weighted by Crippen LogP contribution is -2.44. The quantitative estimate of drug-likeness (QED) is 0.835. The predicted molar refractivity (Wildman–Crippen MR) is 80.5 cm³/mol. The molecule has 6 heteroatoms. The maximum absolute atomic E-state index is 11.9. The monoisotopic (exact) mass is 292 g/mol. The number of hydrogen-bond donors (Lipinski definition) is 2. The smallest absolute Gasteiger partial charge is 0.316 e. The molecule has 2 amide bonds. The highest BCUT2D eigenvalue weighted by Gasteiger charge is 2.24. The number of nitrogens with one attached hydrogen (secondary N) is 2. The summed E-state index contributed by atoms with van der Waals surface area (Å²) in [6.45, 7) is 11.6. The van der Waals surface area contributed by atoms with Crippen LogP contribution in [-0.4, -0.2) is 22.2 Å². The van der Waals surface area contributed by atoms with Crippen molar-refractivity contribution in [3.63, 3.8) is 0 Å². The fraction of sp³-hybridized carbons (Fsp3) is 0.667. The molecule has 1 rings (SSSR count). The molecule has 1 aromatic heterocycles. The zero-order chi connectivity index (χ0) is 16.2. The van der Waals surface area contributed by atoms with Crippen LogP contribution < -0.4 is 10.6 Å². The lowest BCUT2D eigenvalue weighted by molar-refractivity contribution is 0.230. The number of nitrogens with zero attached hydrogens (tertiary/aromatic N) is 2. The number of terminal acetylenes is 1. The van der Waals surface area contributed by atoms with Crippen molar-refractivity contribution in [2.75, 3.05) is 0 Å². The van der Waals surface area contributed by atoms with Crippen molar-refractivity contribution >= 4 is 6.03 Å². The Morgan fingerprint density at radius 1 is 1.29 bits per heavy atom. The number of aromatic nitrogens is 2. The van der Waals surface area contributed by atoms with E-state index in [4.69, 9.17) is 10.9 Å². The molecule has 6 nitrogen and oxygen atoms in total. The van der Waals surface area contributed by atoms with Gasteiger partial charge >= 0.3 is 6.03 Å². The predicted octanol–water partition coefficient (Wildman–Crippen LogP) is 2.39. The number of rotatable bonds is 4. The van der Waals surface area contributed by atoms with Crippen LogP contribution in [0.25, 0.3) is 0 Å². The molecule has 1 heterocycles. The molecular formula is C15H24N4O2. The lowest BCUT2D eigenvalue weighted by atomic mass is 9.96. The topological polar surface area (TPSA) is 80.0 Å². The maximum atomic E-state index is 11.9. The molecule has 0 aliphatic carbocycles. The average molecular weight is 292 g/mol. The normalized spacial score (nSPS) is 14.4. The van der Waals surface area contributed by atoms with Crippen molar-refractivity contribution in [1.82, 2.24) is 20.8 Å². The second-order valence-corrected chi connectivity index (χ2v) is 6.43. The van der Waals surface area contributed by atoms with E-state index in [0.717, 1.165) is 0 Å². The van der Waals surface area contributed by atoms with Gasteiger partial charge in [-0.05, 0) is 12.8 Å². The third-order valence-corrected chi connectivity index (χ3v) is 2.96. The molecule has 0 aliphatic rings. The molecule has 0 saturated heterocycles. The van der Waals surface area contributed by atoms with Crippen LogP contribution in [0.15, 0.2) is 4.52 Å². The summed E-state index contributed by atoms with van der Waals surface area (Å²) in [4.78, 5) is 16.2. The summed E-state index contributed by atoms with van der Waals surface area (Å²) in [5.74, 6) is 3.68. The highest BCUT2D eigenvalue weighted by atomic mass is 16.5. The highest BCUT2D eigenvalue weighted by molar-refractivity contribution is 5.75. The first-order valence-corrected chi connectivity index (χ1v) is 7.02. The summed E-state index contributed by atoms with van der Waals surface area (Å²) in [7, 11) is 0. The first kappa shape index (κ1) is 17.0. The molecule has 0 fully saturated rings. The minimum atomic E-state index is -0.390. The Kier molecular flexibility index (Phi) is 5.36. The van der Waals surface area contributed by atoms with E-state index in [9.17, 15) is 4.79 Å². The van der Waals surface area contributed by atoms with Gasteiger partial charge in [0.05, 0.1) is 6.04 Å². The fourth-order valence-electron chi connectivity index (χ4n) is 1.56. The van der Waals surface area contributed by atoms with Crippen LogP contribution in [0.5, 0.6) is 0 Å². The molecule has 0 spiro atoms. The van der Waals surface area contributed by atoms with Crippen LogP contribution >= 0.6 is 0 Å². The van der Waals surface area contributed by atoms with E-state index < -0.39 is 0 Å². The number of carbonyl (C=O) groups excluding carboxylic acids is 1. The van der Waals surface area contributed by atoms with Crippen molar-refractivity contribution in [3.8, 4) is 12.3 Å². The Balaban J connectivity index is 2.65. The largest absolute Gasteiger partial charge is 0.337 e. The highest BCUT2D eigenvalue weighted by Crippen LogP contribution is 2.20. The Morgan fingerprint density at radius 2 is 1.90 bits per heavy atom. The summed E-state index contributed by atoms with van der Waals surface area (Å²) < 4.78 is 5.19. The van der Waals surface area contributed by atoms with Crippen LogP contribution in [0.3, 0.4) is 0 Å². The molecule has 21 heavy (non-hydrogen) atoms. The second-order valence-electron chi connectivity index (χ2n) is 6.43. The number of urea groups is 1. The van der Waals surface area contributed by atoms with E-state index in [2.05, 4.69) is 26.7 Å². The molecule has 116 valence electrons. The van der Waals surface area contributed by atoms with E-state index in [0.29, 0.717) is 11.7 Å². The van der Waals surface area contributed by atoms with Gasteiger partial charge in [-0.25, -0.2) is 4.79 Å². The molecule has 0 bridgehead atoms. The van der Waals surface area contributed by atoms with Gasteiger partial charge in [-0.1, -0.05) is 45.7 Å². The summed E-state index contributed by atoms with van der Waals surface area (Å²) >= 11 is 0. The minimum absolute atomic E-state index is 0.159. The zero-order valence-corrected chi connectivity index (χ0v) is 13.5. The Hall–Kier alpha value is -2.03. The van der Waals surface area contributed by atoms with Crippen LogP contribution in [0, 0.1) is 18.3 Å². The van der Waals surface area contributed by atoms with Crippen LogP contribution in [0.2, 0.25) is 0 Å². The lowest BCUT2D eigenvalue weighted by Gasteiger charge is -2.18. The third kappa shape index (κ3) is 4.78. The summed E-state index contributed by atoms with van der Waals surface area (Å²) in [5.41, 5.74) is -0.198. The van der Waals surface area contributed by atoms with E-state index >= 15 is 0 Å². The maximum Gasteiger partial charge on any atom is 0.316 e. The molecule has 2 N–H and O–H groups in total. The summed E-state index contributed by atoms with van der Waals surface area (Å²) in [6, 6.07) is -1.06. The Morgan fingerprint density at radius 3 is 2.33 bits per heavy atom. The van der Waals surface area contributed by atoms with Crippen molar-refractivity contribution in [1.29, 1.82) is 0 Å². The van der Waals surface area contributed by atoms with Crippen molar-refractivity contribution < 1.29 is 9.32 Å². The van der Waals surface area contributed by atoms with Gasteiger partial charge in [0.25, 0.3) is 0 Å². The van der Waals surface area contributed by atoms with Gasteiger partial charge in [-0.15, -0.1) is 6.42 Å². The van der Waals surface area contributed by atoms with Gasteiger partial charge in [0.15, 0.2) is 5.82 Å². The van der Waals surface area contributed by atoms with Gasteiger partial charge in [0, 0.05) is 5.41 Å². The number of hydrogen-bond acceptors (Lipinski definition) is 4. The van der Waals surface area contributed by atoms with Gasteiger partial charge in [0.1, 0.15) is 6.04 Å². The minimum Gasteiger partial charge on any atom is -0.337 e. The van der Waals surface area contributed by atoms with E-state index in [-0.39, 0.29) is 29.4 Å². The molecule has 0 radical (unpaired) electrons. The molecule has 0 unspecified atom stereocenters. The van der Waals surface area contributed by atoms with E-state index in [1.54, 1.807) is 6.92 Å². The van der Waals surface area contributed by atoms with Crippen molar-refractivity contribution in [2.24, 2.45) is 5.92 Å². The molecule has 0 aromatic carbocycles. The SMILES string of the molecule is C#C[C@H](NC(=O)N[C@@H](C)c1nc(C(C)(C)C)no1)C(C)C. The van der Waals surface area contributed by atoms with Crippen LogP contribution in [0.1, 0.15) is 59.3 Å². The molecule has 1 aromatic rings. The van der Waals surface area contributed by atoms with Crippen LogP contribution in [-0.2, 0) is 5.41 Å². The number of carbonyl (C=O) groups is 1. The average Bonchev–Trinajstić information content (AvgIpc) is 2.84. The Labute approximate surface area is 126 Å². The van der Waals surface area contributed by atoms with Gasteiger partial charge in [0.2, 0.25) is 5.89 Å². The second kappa shape index (κ2) is 6.61. The van der Waals surface area contributed by atoms with Crippen LogP contribution in [0.4, 0.5) is 4.79 Å².